The van der Waals surface area contributed by atoms with Crippen molar-refractivity contribution in [1.29, 1.82) is 0 Å². The normalized spacial score (nSPS) is 13.5. The molecule has 2 aromatic rings. The smallest absolute Gasteiger partial charge is 0.408 e. The fraction of sp³-hybridized carbons (Fsp3) is 0.462. The van der Waals surface area contributed by atoms with Gasteiger partial charge in [-0.3, -0.25) is 4.57 Å². The molecule has 92 valence electrons. The summed E-state index contributed by atoms with van der Waals surface area (Å²) in [4.78, 5) is 11.7. The van der Waals surface area contributed by atoms with E-state index in [1.54, 1.807) is 10.6 Å². The van der Waals surface area contributed by atoms with Crippen LogP contribution in [0.15, 0.2) is 27.4 Å². The lowest BCUT2D eigenvalue weighted by Gasteiger charge is -2.10. The summed E-state index contributed by atoms with van der Waals surface area (Å²) >= 11 is 0. The van der Waals surface area contributed by atoms with Gasteiger partial charge in [-0.05, 0) is 31.5 Å². The van der Waals surface area contributed by atoms with Crippen molar-refractivity contribution in [3.8, 4) is 0 Å². The van der Waals surface area contributed by atoms with Crippen LogP contribution in [-0.2, 0) is 0 Å². The number of rotatable bonds is 3. The van der Waals surface area contributed by atoms with Crippen molar-refractivity contribution in [3.05, 3.63) is 34.3 Å². The number of nitrogens with zero attached hydrogens (tertiary/aromatic N) is 1. The summed E-state index contributed by atoms with van der Waals surface area (Å²) in [6.07, 6.45) is 0. The second-order valence-corrected chi connectivity index (χ2v) is 4.64. The number of oxazole rings is 1. The molecule has 1 aromatic heterocycles. The van der Waals surface area contributed by atoms with Crippen LogP contribution in [0.2, 0.25) is 0 Å². The molecular weight excluding hydrogens is 218 g/mol. The van der Waals surface area contributed by atoms with Gasteiger partial charge < -0.3 is 9.52 Å². The van der Waals surface area contributed by atoms with E-state index in [2.05, 4.69) is 0 Å². The van der Waals surface area contributed by atoms with Crippen molar-refractivity contribution in [2.75, 3.05) is 6.61 Å². The van der Waals surface area contributed by atoms with Crippen LogP contribution in [0.4, 0.5) is 0 Å². The van der Waals surface area contributed by atoms with Gasteiger partial charge in [0.2, 0.25) is 0 Å². The number of hydrogen-bond donors (Lipinski definition) is 1. The first-order valence-corrected chi connectivity index (χ1v) is 5.80. The zero-order chi connectivity index (χ0) is 12.6. The molecule has 0 aliphatic carbocycles. The van der Waals surface area contributed by atoms with Crippen molar-refractivity contribution >= 4 is 11.1 Å². The summed E-state index contributed by atoms with van der Waals surface area (Å²) in [7, 11) is 0. The van der Waals surface area contributed by atoms with E-state index < -0.39 is 0 Å². The first-order valence-electron chi connectivity index (χ1n) is 5.80. The quantitative estimate of drug-likeness (QED) is 0.887. The molecule has 0 fully saturated rings. The minimum absolute atomic E-state index is 0.0587. The van der Waals surface area contributed by atoms with Gasteiger partial charge in [0.1, 0.15) is 0 Å². The fourth-order valence-electron chi connectivity index (χ4n) is 1.95. The van der Waals surface area contributed by atoms with Crippen molar-refractivity contribution in [2.24, 2.45) is 0 Å². The van der Waals surface area contributed by atoms with Crippen LogP contribution in [0.25, 0.3) is 11.1 Å². The molecule has 17 heavy (non-hydrogen) atoms. The predicted molar refractivity (Wildman–Crippen MR) is 66.4 cm³/mol. The monoisotopic (exact) mass is 235 g/mol. The Bertz CT molecular complexity index is 580. The molecule has 1 heterocycles. The summed E-state index contributed by atoms with van der Waals surface area (Å²) in [6, 6.07) is 5.65. The lowest BCUT2D eigenvalue weighted by molar-refractivity contribution is 0.273. The Morgan fingerprint density at radius 1 is 1.35 bits per heavy atom. The third-order valence-corrected chi connectivity index (χ3v) is 3.00. The molecule has 0 spiro atoms. The molecule has 0 bridgehead atoms. The molecule has 0 aliphatic rings. The molecule has 0 saturated heterocycles. The van der Waals surface area contributed by atoms with E-state index in [9.17, 15) is 4.79 Å². The first kappa shape index (κ1) is 11.9. The van der Waals surface area contributed by atoms with Crippen molar-refractivity contribution in [1.82, 2.24) is 4.57 Å². The van der Waals surface area contributed by atoms with Gasteiger partial charge in [0.25, 0.3) is 0 Å². The highest BCUT2D eigenvalue weighted by Gasteiger charge is 2.13. The van der Waals surface area contributed by atoms with E-state index in [1.165, 1.54) is 0 Å². The van der Waals surface area contributed by atoms with E-state index in [-0.39, 0.29) is 24.3 Å². The van der Waals surface area contributed by atoms with E-state index in [4.69, 9.17) is 9.52 Å². The molecule has 0 saturated carbocycles. The van der Waals surface area contributed by atoms with E-state index in [0.717, 1.165) is 11.1 Å². The molecule has 1 N–H and O–H groups in total. The zero-order valence-corrected chi connectivity index (χ0v) is 10.3. The maximum absolute atomic E-state index is 11.7. The van der Waals surface area contributed by atoms with Gasteiger partial charge in [0.05, 0.1) is 5.52 Å². The highest BCUT2D eigenvalue weighted by Crippen LogP contribution is 2.22. The van der Waals surface area contributed by atoms with Crippen LogP contribution >= 0.6 is 0 Å². The van der Waals surface area contributed by atoms with Gasteiger partial charge >= 0.3 is 5.76 Å². The van der Waals surface area contributed by atoms with Crippen molar-refractivity contribution < 1.29 is 9.52 Å². The molecule has 0 aliphatic heterocycles. The fourth-order valence-corrected chi connectivity index (χ4v) is 1.95. The molecule has 1 unspecified atom stereocenters. The zero-order valence-electron chi connectivity index (χ0n) is 10.3. The number of fused-ring (bicyclic) bond motifs is 1. The Balaban J connectivity index is 2.66. The third-order valence-electron chi connectivity index (χ3n) is 3.00. The maximum Gasteiger partial charge on any atom is 0.420 e. The van der Waals surface area contributed by atoms with Crippen LogP contribution in [0.3, 0.4) is 0 Å². The number of hydrogen-bond acceptors (Lipinski definition) is 3. The van der Waals surface area contributed by atoms with Gasteiger partial charge in [0, 0.05) is 18.6 Å². The molecule has 4 heteroatoms. The lowest BCUT2D eigenvalue weighted by Crippen LogP contribution is -2.16. The van der Waals surface area contributed by atoms with Crippen LogP contribution in [0, 0.1) is 0 Å². The molecule has 2 rings (SSSR count). The molecular formula is C13H17NO3. The Morgan fingerprint density at radius 2 is 2.06 bits per heavy atom. The van der Waals surface area contributed by atoms with Crippen LogP contribution in [0.1, 0.15) is 38.3 Å². The molecule has 1 atom stereocenters. The van der Waals surface area contributed by atoms with Gasteiger partial charge in [-0.25, -0.2) is 4.79 Å². The third kappa shape index (κ3) is 2.00. The molecule has 0 amide bonds. The highest BCUT2D eigenvalue weighted by molar-refractivity contribution is 5.74. The Morgan fingerprint density at radius 3 is 2.65 bits per heavy atom. The van der Waals surface area contributed by atoms with Crippen LogP contribution < -0.4 is 5.76 Å². The lowest BCUT2D eigenvalue weighted by atomic mass is 10.0. The standard InChI is InChI=1S/C13H17NO3/c1-8(2)14-11-6-10(9(3)7-15)4-5-12(11)17-13(14)16/h4-6,8-9,15H,7H2,1-3H3. The minimum Gasteiger partial charge on any atom is -0.408 e. The number of aromatic nitrogens is 1. The van der Waals surface area contributed by atoms with Crippen molar-refractivity contribution in [3.63, 3.8) is 0 Å². The summed E-state index contributed by atoms with van der Waals surface area (Å²) in [5.41, 5.74) is 2.40. The van der Waals surface area contributed by atoms with E-state index in [1.807, 2.05) is 32.9 Å². The largest absolute Gasteiger partial charge is 0.420 e. The second-order valence-electron chi connectivity index (χ2n) is 4.64. The van der Waals surface area contributed by atoms with Gasteiger partial charge in [-0.15, -0.1) is 0 Å². The van der Waals surface area contributed by atoms with E-state index in [0.29, 0.717) is 5.58 Å². The predicted octanol–water partition coefficient (Wildman–Crippen LogP) is 2.27. The first-order chi connectivity index (χ1) is 8.04. The average Bonchev–Trinajstić information content (AvgIpc) is 2.62. The summed E-state index contributed by atoms with van der Waals surface area (Å²) in [6.45, 7) is 5.92. The summed E-state index contributed by atoms with van der Waals surface area (Å²) < 4.78 is 6.80. The van der Waals surface area contributed by atoms with Crippen LogP contribution in [0.5, 0.6) is 0 Å². The number of benzene rings is 1. The minimum atomic E-state index is -0.330. The number of aliphatic hydroxyl groups excluding tert-OH is 1. The van der Waals surface area contributed by atoms with Crippen molar-refractivity contribution in [2.45, 2.75) is 32.7 Å². The Labute approximate surface area is 99.5 Å². The Kier molecular flexibility index (Phi) is 3.07. The SMILES string of the molecule is CC(CO)c1ccc2oc(=O)n(C(C)C)c2c1. The summed E-state index contributed by atoms with van der Waals surface area (Å²) in [5.74, 6) is -0.270. The second kappa shape index (κ2) is 4.37. The number of aliphatic hydroxyl groups is 1. The van der Waals surface area contributed by atoms with Gasteiger partial charge in [-0.1, -0.05) is 13.0 Å². The molecule has 0 radical (unpaired) electrons. The van der Waals surface area contributed by atoms with Crippen LogP contribution in [-0.4, -0.2) is 16.3 Å². The van der Waals surface area contributed by atoms with Gasteiger partial charge in [-0.2, -0.15) is 0 Å². The topological polar surface area (TPSA) is 55.4 Å². The highest BCUT2D eigenvalue weighted by atomic mass is 16.4. The van der Waals surface area contributed by atoms with Gasteiger partial charge in [0.15, 0.2) is 5.58 Å². The van der Waals surface area contributed by atoms with E-state index >= 15 is 0 Å². The maximum atomic E-state index is 11.7. The summed E-state index contributed by atoms with van der Waals surface area (Å²) in [5, 5.41) is 9.15. The molecule has 4 nitrogen and oxygen atoms in total. The Hall–Kier alpha value is -1.55. The average molecular weight is 235 g/mol. The molecule has 1 aromatic carbocycles.